The summed E-state index contributed by atoms with van der Waals surface area (Å²) in [6.45, 7) is 2.13. The van der Waals surface area contributed by atoms with Crippen molar-refractivity contribution in [1.82, 2.24) is 0 Å². The molecule has 84 valence electrons. The molecule has 1 aromatic carbocycles. The summed E-state index contributed by atoms with van der Waals surface area (Å²) in [6.07, 6.45) is 5.05. The van der Waals surface area contributed by atoms with Crippen molar-refractivity contribution in [1.29, 1.82) is 0 Å². The highest BCUT2D eigenvalue weighted by Gasteiger charge is 2.11. The quantitative estimate of drug-likeness (QED) is 0.727. The van der Waals surface area contributed by atoms with Gasteiger partial charge in [0, 0.05) is 5.56 Å². The Kier molecular flexibility index (Phi) is 3.25. The number of hydrogen-bond donors (Lipinski definition) is 0. The molecule has 0 atom stereocenters. The van der Waals surface area contributed by atoms with Gasteiger partial charge < -0.3 is 9.47 Å². The lowest BCUT2D eigenvalue weighted by molar-refractivity contribution is -0.145. The number of carbonyl (C=O) groups is 1. The first-order chi connectivity index (χ1) is 7.81. The molecule has 0 saturated carbocycles. The Morgan fingerprint density at radius 1 is 1.44 bits per heavy atom. The predicted molar refractivity (Wildman–Crippen MR) is 61.3 cm³/mol. The minimum atomic E-state index is -0.331. The van der Waals surface area contributed by atoms with Crippen molar-refractivity contribution in [2.24, 2.45) is 0 Å². The number of ether oxygens (including phenoxy) is 2. The fourth-order valence-corrected chi connectivity index (χ4v) is 1.73. The molecule has 0 fully saturated rings. The van der Waals surface area contributed by atoms with E-state index in [-0.39, 0.29) is 12.6 Å². The van der Waals surface area contributed by atoms with Crippen molar-refractivity contribution in [3.63, 3.8) is 0 Å². The molecule has 0 radical (unpaired) electrons. The van der Waals surface area contributed by atoms with Crippen LogP contribution in [0.1, 0.15) is 18.1 Å². The summed E-state index contributed by atoms with van der Waals surface area (Å²) >= 11 is 0. The third-order valence-corrected chi connectivity index (χ3v) is 2.43. The molecule has 0 aliphatic heterocycles. The van der Waals surface area contributed by atoms with E-state index < -0.39 is 0 Å². The molecular formula is C13H14O3. The summed E-state index contributed by atoms with van der Waals surface area (Å²) in [5.74, 6) is 0.418. The summed E-state index contributed by atoms with van der Waals surface area (Å²) < 4.78 is 10.2. The number of benzene rings is 1. The van der Waals surface area contributed by atoms with Crippen LogP contribution < -0.4 is 4.74 Å². The Labute approximate surface area is 94.7 Å². The van der Waals surface area contributed by atoms with Gasteiger partial charge in [0.15, 0.2) is 6.61 Å². The van der Waals surface area contributed by atoms with Crippen LogP contribution in [0.15, 0.2) is 24.3 Å². The molecular weight excluding hydrogens is 204 g/mol. The van der Waals surface area contributed by atoms with Gasteiger partial charge in [0.05, 0.1) is 6.61 Å². The molecule has 0 unspecified atom stereocenters. The largest absolute Gasteiger partial charge is 0.481 e. The average molecular weight is 218 g/mol. The van der Waals surface area contributed by atoms with Crippen molar-refractivity contribution in [2.75, 3.05) is 13.2 Å². The summed E-state index contributed by atoms with van der Waals surface area (Å²) in [4.78, 5) is 11.2. The number of fused-ring (bicyclic) bond motifs is 1. The van der Waals surface area contributed by atoms with Crippen molar-refractivity contribution in [2.45, 2.75) is 13.3 Å². The molecule has 0 aromatic heterocycles. The molecule has 0 spiro atoms. The van der Waals surface area contributed by atoms with Gasteiger partial charge in [-0.1, -0.05) is 24.3 Å². The smallest absolute Gasteiger partial charge is 0.344 e. The third-order valence-electron chi connectivity index (χ3n) is 2.43. The van der Waals surface area contributed by atoms with Crippen LogP contribution in [-0.2, 0) is 16.0 Å². The lowest BCUT2D eigenvalue weighted by atomic mass is 10.1. The van der Waals surface area contributed by atoms with Crippen LogP contribution in [0, 0.1) is 0 Å². The molecule has 0 saturated heterocycles. The molecule has 0 amide bonds. The lowest BCUT2D eigenvalue weighted by Gasteiger charge is -2.09. The summed E-state index contributed by atoms with van der Waals surface area (Å²) in [5.41, 5.74) is 2.31. The molecule has 2 rings (SSSR count). The van der Waals surface area contributed by atoms with Crippen LogP contribution in [0.4, 0.5) is 0 Å². The summed E-state index contributed by atoms with van der Waals surface area (Å²) in [6, 6.07) is 5.87. The molecule has 3 nitrogen and oxygen atoms in total. The highest BCUT2D eigenvalue weighted by molar-refractivity contribution is 5.72. The van der Waals surface area contributed by atoms with Crippen molar-refractivity contribution in [3.8, 4) is 5.75 Å². The van der Waals surface area contributed by atoms with Gasteiger partial charge in [0.1, 0.15) is 5.75 Å². The van der Waals surface area contributed by atoms with Crippen molar-refractivity contribution < 1.29 is 14.3 Å². The van der Waals surface area contributed by atoms with Gasteiger partial charge in [0.25, 0.3) is 0 Å². The topological polar surface area (TPSA) is 35.5 Å². The molecule has 0 heterocycles. The van der Waals surface area contributed by atoms with Gasteiger partial charge in [-0.2, -0.15) is 0 Å². The second kappa shape index (κ2) is 4.84. The van der Waals surface area contributed by atoms with Gasteiger partial charge in [-0.15, -0.1) is 0 Å². The standard InChI is InChI=1S/C13H14O3/c1-2-15-13(14)9-16-12-8-4-6-10-5-3-7-11(10)12/h3-4,6-8H,2,5,9H2,1H3. The zero-order valence-electron chi connectivity index (χ0n) is 9.23. The minimum Gasteiger partial charge on any atom is -0.481 e. The van der Waals surface area contributed by atoms with Crippen LogP contribution in [0.2, 0.25) is 0 Å². The normalized spacial score (nSPS) is 12.3. The zero-order valence-corrected chi connectivity index (χ0v) is 9.23. The molecule has 3 heteroatoms. The Bertz CT molecular complexity index is 421. The summed E-state index contributed by atoms with van der Waals surface area (Å²) in [7, 11) is 0. The van der Waals surface area contributed by atoms with Gasteiger partial charge in [-0.3, -0.25) is 0 Å². The Morgan fingerprint density at radius 3 is 3.12 bits per heavy atom. The van der Waals surface area contributed by atoms with E-state index in [1.807, 2.05) is 18.2 Å². The molecule has 1 aliphatic rings. The van der Waals surface area contributed by atoms with E-state index in [9.17, 15) is 4.79 Å². The van der Waals surface area contributed by atoms with Gasteiger partial charge >= 0.3 is 5.97 Å². The fraction of sp³-hybridized carbons (Fsp3) is 0.308. The van der Waals surface area contributed by atoms with Gasteiger partial charge in [0.2, 0.25) is 0 Å². The Balaban J connectivity index is 2.02. The second-order valence-corrected chi connectivity index (χ2v) is 3.53. The van der Waals surface area contributed by atoms with E-state index in [0.29, 0.717) is 6.61 Å². The molecule has 1 aliphatic carbocycles. The molecule has 1 aromatic rings. The Hall–Kier alpha value is -1.77. The minimum absolute atomic E-state index is 0.0296. The second-order valence-electron chi connectivity index (χ2n) is 3.53. The van der Waals surface area contributed by atoms with E-state index in [1.165, 1.54) is 5.56 Å². The maximum absolute atomic E-state index is 11.2. The maximum atomic E-state index is 11.2. The first kappa shape index (κ1) is 10.7. The van der Waals surface area contributed by atoms with Crippen molar-refractivity contribution >= 4 is 12.0 Å². The van der Waals surface area contributed by atoms with Crippen molar-refractivity contribution in [3.05, 3.63) is 35.4 Å². The SMILES string of the molecule is CCOC(=O)COc1cccc2c1C=CC2. The molecule has 16 heavy (non-hydrogen) atoms. The van der Waals surface area contributed by atoms with E-state index >= 15 is 0 Å². The third kappa shape index (κ3) is 2.24. The van der Waals surface area contributed by atoms with E-state index in [2.05, 4.69) is 12.1 Å². The number of esters is 1. The maximum Gasteiger partial charge on any atom is 0.344 e. The van der Waals surface area contributed by atoms with Crippen LogP contribution in [0.25, 0.3) is 6.08 Å². The monoisotopic (exact) mass is 218 g/mol. The summed E-state index contributed by atoms with van der Waals surface area (Å²) in [5, 5.41) is 0. The highest BCUT2D eigenvalue weighted by Crippen LogP contribution is 2.28. The Morgan fingerprint density at radius 2 is 2.31 bits per heavy atom. The first-order valence-electron chi connectivity index (χ1n) is 5.38. The van der Waals surface area contributed by atoms with Crippen LogP contribution in [-0.4, -0.2) is 19.2 Å². The van der Waals surface area contributed by atoms with Gasteiger partial charge in [-0.05, 0) is 25.0 Å². The molecule has 0 N–H and O–H groups in total. The number of allylic oxidation sites excluding steroid dienone is 1. The number of hydrogen-bond acceptors (Lipinski definition) is 3. The van der Waals surface area contributed by atoms with Crippen LogP contribution in [0.5, 0.6) is 5.75 Å². The van der Waals surface area contributed by atoms with E-state index in [4.69, 9.17) is 9.47 Å². The predicted octanol–water partition coefficient (Wildman–Crippen LogP) is 2.20. The highest BCUT2D eigenvalue weighted by atomic mass is 16.6. The van der Waals surface area contributed by atoms with E-state index in [0.717, 1.165) is 17.7 Å². The van der Waals surface area contributed by atoms with E-state index in [1.54, 1.807) is 6.92 Å². The van der Waals surface area contributed by atoms with Gasteiger partial charge in [-0.25, -0.2) is 4.79 Å². The first-order valence-corrected chi connectivity index (χ1v) is 5.38. The zero-order chi connectivity index (χ0) is 11.4. The fourth-order valence-electron chi connectivity index (χ4n) is 1.73. The van der Waals surface area contributed by atoms with Crippen LogP contribution >= 0.6 is 0 Å². The average Bonchev–Trinajstić information content (AvgIpc) is 2.75. The number of carbonyl (C=O) groups excluding carboxylic acids is 1. The van der Waals surface area contributed by atoms with Crippen LogP contribution in [0.3, 0.4) is 0 Å². The lowest BCUT2D eigenvalue weighted by Crippen LogP contribution is -2.15. The molecule has 0 bridgehead atoms. The number of rotatable bonds is 4.